The van der Waals surface area contributed by atoms with Crippen molar-refractivity contribution in [3.63, 3.8) is 0 Å². The van der Waals surface area contributed by atoms with Crippen molar-refractivity contribution in [1.29, 1.82) is 0 Å². The molecule has 0 saturated carbocycles. The summed E-state index contributed by atoms with van der Waals surface area (Å²) in [5.41, 5.74) is 0.842. The molecule has 1 unspecified atom stereocenters. The Labute approximate surface area is 76.4 Å². The SMILES string of the molecule is CC(O)C#Cc1ncccc1C=O. The maximum absolute atomic E-state index is 10.5. The average molecular weight is 175 g/mol. The van der Waals surface area contributed by atoms with Crippen LogP contribution in [0.3, 0.4) is 0 Å². The van der Waals surface area contributed by atoms with E-state index in [2.05, 4.69) is 16.8 Å². The first-order chi connectivity index (χ1) is 6.24. The number of nitrogens with zero attached hydrogens (tertiary/aromatic N) is 1. The van der Waals surface area contributed by atoms with Crippen LogP contribution in [0, 0.1) is 11.8 Å². The van der Waals surface area contributed by atoms with Crippen molar-refractivity contribution in [2.24, 2.45) is 0 Å². The molecule has 0 aliphatic rings. The van der Waals surface area contributed by atoms with Crippen LogP contribution in [-0.2, 0) is 0 Å². The van der Waals surface area contributed by atoms with E-state index in [-0.39, 0.29) is 0 Å². The van der Waals surface area contributed by atoms with E-state index in [0.29, 0.717) is 17.5 Å². The number of aldehydes is 1. The Hall–Kier alpha value is -1.66. The molecule has 0 aliphatic heterocycles. The Balaban J connectivity index is 3.02. The minimum absolute atomic E-state index is 0.401. The number of pyridine rings is 1. The molecule has 1 heterocycles. The highest BCUT2D eigenvalue weighted by molar-refractivity contribution is 5.78. The van der Waals surface area contributed by atoms with Crippen LogP contribution in [0.4, 0.5) is 0 Å². The van der Waals surface area contributed by atoms with Crippen LogP contribution < -0.4 is 0 Å². The van der Waals surface area contributed by atoms with Crippen LogP contribution in [0.15, 0.2) is 18.3 Å². The standard InChI is InChI=1S/C10H9NO2/c1-8(13)4-5-10-9(7-12)3-2-6-11-10/h2-3,6-8,13H,1H3. The van der Waals surface area contributed by atoms with E-state index in [1.54, 1.807) is 25.3 Å². The second kappa shape index (κ2) is 4.39. The van der Waals surface area contributed by atoms with Crippen molar-refractivity contribution in [3.8, 4) is 11.8 Å². The van der Waals surface area contributed by atoms with Gasteiger partial charge in [-0.2, -0.15) is 0 Å². The molecular formula is C10H9NO2. The predicted molar refractivity (Wildman–Crippen MR) is 48.2 cm³/mol. The lowest BCUT2D eigenvalue weighted by Crippen LogP contribution is -1.95. The van der Waals surface area contributed by atoms with Gasteiger partial charge in [0.1, 0.15) is 11.8 Å². The molecule has 3 nitrogen and oxygen atoms in total. The highest BCUT2D eigenvalue weighted by atomic mass is 16.3. The van der Waals surface area contributed by atoms with Crippen molar-refractivity contribution in [3.05, 3.63) is 29.6 Å². The Morgan fingerprint density at radius 2 is 2.46 bits per heavy atom. The Morgan fingerprint density at radius 3 is 3.08 bits per heavy atom. The van der Waals surface area contributed by atoms with Crippen LogP contribution in [0.25, 0.3) is 0 Å². The number of aliphatic hydroxyl groups is 1. The van der Waals surface area contributed by atoms with Gasteiger partial charge in [-0.25, -0.2) is 4.98 Å². The lowest BCUT2D eigenvalue weighted by molar-refractivity contribution is 0.112. The summed E-state index contributed by atoms with van der Waals surface area (Å²) in [7, 11) is 0. The van der Waals surface area contributed by atoms with E-state index in [1.165, 1.54) is 0 Å². The van der Waals surface area contributed by atoms with E-state index in [0.717, 1.165) is 0 Å². The summed E-state index contributed by atoms with van der Waals surface area (Å²) >= 11 is 0. The fourth-order valence-electron chi connectivity index (χ4n) is 0.790. The van der Waals surface area contributed by atoms with E-state index in [1.807, 2.05) is 0 Å². The molecule has 1 atom stereocenters. The molecule has 0 saturated heterocycles. The van der Waals surface area contributed by atoms with Gasteiger partial charge in [-0.1, -0.05) is 5.92 Å². The van der Waals surface area contributed by atoms with Gasteiger partial charge < -0.3 is 5.11 Å². The molecule has 0 spiro atoms. The molecule has 1 aromatic rings. The summed E-state index contributed by atoms with van der Waals surface area (Å²) in [6, 6.07) is 3.29. The van der Waals surface area contributed by atoms with Crippen LogP contribution in [0.2, 0.25) is 0 Å². The van der Waals surface area contributed by atoms with Crippen molar-refractivity contribution < 1.29 is 9.90 Å². The van der Waals surface area contributed by atoms with Gasteiger partial charge in [-0.15, -0.1) is 0 Å². The van der Waals surface area contributed by atoms with Crippen LogP contribution in [0.1, 0.15) is 23.0 Å². The lowest BCUT2D eigenvalue weighted by Gasteiger charge is -1.93. The Kier molecular flexibility index (Phi) is 3.18. The first-order valence-corrected chi connectivity index (χ1v) is 3.84. The normalized spacial score (nSPS) is 11.2. The first kappa shape index (κ1) is 9.43. The second-order valence-electron chi connectivity index (χ2n) is 2.50. The van der Waals surface area contributed by atoms with E-state index < -0.39 is 6.10 Å². The molecule has 1 aromatic heterocycles. The Morgan fingerprint density at radius 1 is 1.69 bits per heavy atom. The monoisotopic (exact) mass is 175 g/mol. The van der Waals surface area contributed by atoms with Crippen molar-refractivity contribution in [1.82, 2.24) is 4.98 Å². The third-order valence-electron chi connectivity index (χ3n) is 1.37. The van der Waals surface area contributed by atoms with Gasteiger partial charge in [0, 0.05) is 11.8 Å². The molecular weight excluding hydrogens is 166 g/mol. The van der Waals surface area contributed by atoms with E-state index >= 15 is 0 Å². The highest BCUT2D eigenvalue weighted by Gasteiger charge is 1.97. The molecule has 66 valence electrons. The largest absolute Gasteiger partial charge is 0.381 e. The number of aliphatic hydroxyl groups excluding tert-OH is 1. The van der Waals surface area contributed by atoms with Gasteiger partial charge in [0.15, 0.2) is 6.29 Å². The van der Waals surface area contributed by atoms with Crippen LogP contribution in [0.5, 0.6) is 0 Å². The molecule has 0 radical (unpaired) electrons. The fourth-order valence-corrected chi connectivity index (χ4v) is 0.790. The minimum Gasteiger partial charge on any atom is -0.381 e. The molecule has 13 heavy (non-hydrogen) atoms. The molecule has 0 amide bonds. The molecule has 1 N–H and O–H groups in total. The first-order valence-electron chi connectivity index (χ1n) is 3.84. The lowest BCUT2D eigenvalue weighted by atomic mass is 10.2. The Bertz CT molecular complexity index is 361. The quantitative estimate of drug-likeness (QED) is 0.503. The van der Waals surface area contributed by atoms with E-state index in [4.69, 9.17) is 5.11 Å². The summed E-state index contributed by atoms with van der Waals surface area (Å²) < 4.78 is 0. The van der Waals surface area contributed by atoms with Crippen LogP contribution >= 0.6 is 0 Å². The zero-order valence-electron chi connectivity index (χ0n) is 7.19. The molecule has 1 rings (SSSR count). The smallest absolute Gasteiger partial charge is 0.152 e. The number of rotatable bonds is 1. The predicted octanol–water partition coefficient (Wildman–Crippen LogP) is 0.626. The minimum atomic E-state index is -0.707. The van der Waals surface area contributed by atoms with Gasteiger partial charge >= 0.3 is 0 Å². The maximum atomic E-state index is 10.5. The third kappa shape index (κ3) is 2.69. The molecule has 0 aliphatic carbocycles. The van der Waals surface area contributed by atoms with Crippen molar-refractivity contribution >= 4 is 6.29 Å². The summed E-state index contributed by atoms with van der Waals surface area (Å²) in [6.45, 7) is 1.55. The van der Waals surface area contributed by atoms with Gasteiger partial charge in [0.05, 0.1) is 0 Å². The topological polar surface area (TPSA) is 50.2 Å². The fraction of sp³-hybridized carbons (Fsp3) is 0.200. The summed E-state index contributed by atoms with van der Waals surface area (Å²) in [5, 5.41) is 8.89. The number of hydrogen-bond acceptors (Lipinski definition) is 3. The summed E-state index contributed by atoms with van der Waals surface area (Å²) in [6.07, 6.45) is 1.54. The van der Waals surface area contributed by atoms with Crippen molar-refractivity contribution in [2.45, 2.75) is 13.0 Å². The number of carbonyl (C=O) groups is 1. The maximum Gasteiger partial charge on any atom is 0.152 e. The van der Waals surface area contributed by atoms with Gasteiger partial charge in [0.25, 0.3) is 0 Å². The van der Waals surface area contributed by atoms with Gasteiger partial charge in [-0.05, 0) is 25.0 Å². The van der Waals surface area contributed by atoms with Gasteiger partial charge in [0.2, 0.25) is 0 Å². The van der Waals surface area contributed by atoms with Crippen LogP contribution in [-0.4, -0.2) is 22.5 Å². The molecule has 0 bridgehead atoms. The van der Waals surface area contributed by atoms with Gasteiger partial charge in [-0.3, -0.25) is 4.79 Å². The summed E-state index contributed by atoms with van der Waals surface area (Å²) in [5.74, 6) is 5.14. The van der Waals surface area contributed by atoms with E-state index in [9.17, 15) is 4.79 Å². The average Bonchev–Trinajstić information content (AvgIpc) is 2.15. The zero-order chi connectivity index (χ0) is 9.68. The zero-order valence-corrected chi connectivity index (χ0v) is 7.19. The number of hydrogen-bond donors (Lipinski definition) is 1. The van der Waals surface area contributed by atoms with Crippen molar-refractivity contribution in [2.75, 3.05) is 0 Å². The summed E-state index contributed by atoms with van der Waals surface area (Å²) in [4.78, 5) is 14.4. The second-order valence-corrected chi connectivity index (χ2v) is 2.50. The molecule has 0 aromatic carbocycles. The molecule has 3 heteroatoms. The highest BCUT2D eigenvalue weighted by Crippen LogP contribution is 1.99. The third-order valence-corrected chi connectivity index (χ3v) is 1.37. The molecule has 0 fully saturated rings. The number of aromatic nitrogens is 1. The number of carbonyl (C=O) groups excluding carboxylic acids is 1.